The van der Waals surface area contributed by atoms with Gasteiger partial charge in [0.1, 0.15) is 16.0 Å². The molecule has 0 atom stereocenters. The fraction of sp³-hybridized carbons (Fsp3) is 0. The molecular weight excluding hydrogens is 559 g/mol. The first-order valence-corrected chi connectivity index (χ1v) is 15.3. The quantitative estimate of drug-likeness (QED) is 0.208. The summed E-state index contributed by atoms with van der Waals surface area (Å²) in [5.74, 6) is 1.97. The summed E-state index contributed by atoms with van der Waals surface area (Å²) in [4.78, 5) is 20.8. The van der Waals surface area contributed by atoms with E-state index in [2.05, 4.69) is 83.4 Å². The van der Waals surface area contributed by atoms with E-state index in [9.17, 15) is 0 Å². The fourth-order valence-electron chi connectivity index (χ4n) is 5.82. The first-order chi connectivity index (χ1) is 21.8. The number of nitrogens with zero attached hydrogens (tertiary/aromatic N) is 5. The molecular formula is C38H23N5S. The zero-order valence-corrected chi connectivity index (χ0v) is 24.2. The van der Waals surface area contributed by atoms with Crippen LogP contribution in [0.3, 0.4) is 0 Å². The summed E-state index contributed by atoms with van der Waals surface area (Å²) in [5, 5.41) is 3.50. The maximum atomic E-state index is 4.93. The minimum Gasteiger partial charge on any atom is -0.290 e. The number of rotatable bonds is 4. The van der Waals surface area contributed by atoms with Crippen LogP contribution in [0.4, 0.5) is 0 Å². The number of fused-ring (bicyclic) bond motifs is 6. The van der Waals surface area contributed by atoms with Crippen LogP contribution in [0.1, 0.15) is 0 Å². The maximum Gasteiger partial charge on any atom is 0.164 e. The summed E-state index contributed by atoms with van der Waals surface area (Å²) in [5.41, 5.74) is 7.22. The normalized spacial score (nSPS) is 11.6. The van der Waals surface area contributed by atoms with Crippen LogP contribution < -0.4 is 0 Å². The van der Waals surface area contributed by atoms with Gasteiger partial charge in [0.25, 0.3) is 0 Å². The van der Waals surface area contributed by atoms with E-state index in [-0.39, 0.29) is 0 Å². The van der Waals surface area contributed by atoms with Crippen molar-refractivity contribution >= 4 is 48.2 Å². The lowest BCUT2D eigenvalue weighted by atomic mass is 10.0. The Morgan fingerprint density at radius 2 is 1.02 bits per heavy atom. The zero-order chi connectivity index (χ0) is 29.0. The van der Waals surface area contributed by atoms with Crippen molar-refractivity contribution in [2.45, 2.75) is 0 Å². The summed E-state index contributed by atoms with van der Waals surface area (Å²) < 4.78 is 3.48. The number of hydrogen-bond acceptors (Lipinski definition) is 5. The largest absolute Gasteiger partial charge is 0.290 e. The molecule has 0 radical (unpaired) electrons. The summed E-state index contributed by atoms with van der Waals surface area (Å²) in [7, 11) is 0. The first kappa shape index (κ1) is 24.8. The Morgan fingerprint density at radius 3 is 1.73 bits per heavy atom. The van der Waals surface area contributed by atoms with Crippen molar-refractivity contribution < 1.29 is 0 Å². The van der Waals surface area contributed by atoms with E-state index >= 15 is 0 Å². The van der Waals surface area contributed by atoms with Gasteiger partial charge in [-0.15, -0.1) is 11.3 Å². The summed E-state index contributed by atoms with van der Waals surface area (Å²) in [6.07, 6.45) is 2.20. The Bertz CT molecular complexity index is 2440. The topological polar surface area (TPSA) is 56.0 Å². The van der Waals surface area contributed by atoms with Crippen molar-refractivity contribution in [3.63, 3.8) is 0 Å². The van der Waals surface area contributed by atoms with Crippen molar-refractivity contribution in [1.29, 1.82) is 0 Å². The minimum absolute atomic E-state index is 0.654. The molecule has 0 amide bonds. The van der Waals surface area contributed by atoms with E-state index in [4.69, 9.17) is 19.9 Å². The molecule has 0 N–H and O–H groups in total. The fourth-order valence-corrected chi connectivity index (χ4v) is 6.95. The van der Waals surface area contributed by atoms with E-state index in [0.29, 0.717) is 17.5 Å². The van der Waals surface area contributed by atoms with Crippen LogP contribution in [0.5, 0.6) is 0 Å². The van der Waals surface area contributed by atoms with E-state index in [0.717, 1.165) is 49.8 Å². The van der Waals surface area contributed by atoms with Crippen molar-refractivity contribution in [2.75, 3.05) is 0 Å². The van der Waals surface area contributed by atoms with Crippen LogP contribution >= 0.6 is 11.3 Å². The molecule has 0 unspecified atom stereocenters. The summed E-state index contributed by atoms with van der Waals surface area (Å²) in [6, 6.07) is 45.9. The van der Waals surface area contributed by atoms with Crippen molar-refractivity contribution in [2.24, 2.45) is 0 Å². The summed E-state index contributed by atoms with van der Waals surface area (Å²) in [6.45, 7) is 0. The van der Waals surface area contributed by atoms with Gasteiger partial charge in [-0.2, -0.15) is 0 Å². The summed E-state index contributed by atoms with van der Waals surface area (Å²) >= 11 is 1.79. The molecule has 4 aromatic heterocycles. The van der Waals surface area contributed by atoms with Crippen LogP contribution in [-0.2, 0) is 0 Å². The van der Waals surface area contributed by atoms with Gasteiger partial charge in [-0.25, -0.2) is 19.9 Å². The third-order valence-corrected chi connectivity index (χ3v) is 9.21. The van der Waals surface area contributed by atoms with Gasteiger partial charge in [0.05, 0.1) is 0 Å². The molecule has 5 nitrogen and oxygen atoms in total. The number of aromatic nitrogens is 5. The van der Waals surface area contributed by atoms with Gasteiger partial charge in [-0.05, 0) is 52.2 Å². The zero-order valence-electron chi connectivity index (χ0n) is 23.4. The Kier molecular flexibility index (Phi) is 5.61. The van der Waals surface area contributed by atoms with E-state index in [1.165, 1.54) is 14.9 Å². The minimum atomic E-state index is 0.654. The second kappa shape index (κ2) is 9.93. The first-order valence-electron chi connectivity index (χ1n) is 14.5. The number of benzene rings is 5. The Labute approximate surface area is 256 Å². The van der Waals surface area contributed by atoms with Crippen LogP contribution in [0, 0.1) is 0 Å². The number of imidazole rings is 1. The Hall–Kier alpha value is -5.72. The highest BCUT2D eigenvalue weighted by molar-refractivity contribution is 7.25. The lowest BCUT2D eigenvalue weighted by Crippen LogP contribution is -2.00. The predicted octanol–water partition coefficient (Wildman–Crippen LogP) is 9.71. The molecule has 0 aliphatic heterocycles. The van der Waals surface area contributed by atoms with Gasteiger partial charge in [0, 0.05) is 33.0 Å². The van der Waals surface area contributed by atoms with E-state index in [1.54, 1.807) is 11.3 Å². The SMILES string of the molecule is c1ccc(-c2nc(-c3ccccc3)nc(-c3ccc4cc(-c5ccc6nc7c8ccccc8sc7n6c5)ccc4c3)n2)cc1. The highest BCUT2D eigenvalue weighted by atomic mass is 32.1. The van der Waals surface area contributed by atoms with E-state index < -0.39 is 0 Å². The van der Waals surface area contributed by atoms with Gasteiger partial charge in [-0.1, -0.05) is 103 Å². The van der Waals surface area contributed by atoms with Gasteiger partial charge in [0.2, 0.25) is 0 Å². The Balaban J connectivity index is 1.12. The third kappa shape index (κ3) is 4.15. The molecule has 206 valence electrons. The predicted molar refractivity (Wildman–Crippen MR) is 181 cm³/mol. The van der Waals surface area contributed by atoms with Crippen LogP contribution in [-0.4, -0.2) is 24.3 Å². The molecule has 44 heavy (non-hydrogen) atoms. The van der Waals surface area contributed by atoms with Gasteiger partial charge < -0.3 is 0 Å². The number of thiophene rings is 1. The average Bonchev–Trinajstić information content (AvgIpc) is 3.64. The molecule has 0 aliphatic carbocycles. The maximum absolute atomic E-state index is 4.93. The van der Waals surface area contributed by atoms with Crippen LogP contribution in [0.25, 0.3) is 82.1 Å². The third-order valence-electron chi connectivity index (χ3n) is 8.05. The lowest BCUT2D eigenvalue weighted by Gasteiger charge is -2.10. The van der Waals surface area contributed by atoms with Crippen molar-refractivity contribution in [1.82, 2.24) is 24.3 Å². The van der Waals surface area contributed by atoms with E-state index in [1.807, 2.05) is 60.7 Å². The monoisotopic (exact) mass is 581 g/mol. The smallest absolute Gasteiger partial charge is 0.164 e. The van der Waals surface area contributed by atoms with Crippen molar-refractivity contribution in [3.8, 4) is 45.3 Å². The van der Waals surface area contributed by atoms with Crippen LogP contribution in [0.15, 0.2) is 140 Å². The molecule has 0 saturated carbocycles. The lowest BCUT2D eigenvalue weighted by molar-refractivity contribution is 1.07. The number of pyridine rings is 1. The molecule has 5 aromatic carbocycles. The highest BCUT2D eigenvalue weighted by Gasteiger charge is 2.14. The second-order valence-corrected chi connectivity index (χ2v) is 11.9. The Morgan fingerprint density at radius 1 is 0.455 bits per heavy atom. The number of hydrogen-bond donors (Lipinski definition) is 0. The van der Waals surface area contributed by atoms with Gasteiger partial charge in [-0.3, -0.25) is 4.40 Å². The van der Waals surface area contributed by atoms with Gasteiger partial charge >= 0.3 is 0 Å². The molecule has 6 heteroatoms. The molecule has 9 rings (SSSR count). The molecule has 0 saturated heterocycles. The standard InChI is InChI=1S/C38H23N5S/c1-3-9-24(10-4-1)35-40-36(25-11-5-2-6-12-25)42-37(41-35)29-18-17-26-21-28(16-15-27(26)22-29)30-19-20-33-39-34-31-13-7-8-14-32(31)44-38(34)43(33)23-30/h1-23H. The molecule has 0 bridgehead atoms. The highest BCUT2D eigenvalue weighted by Crippen LogP contribution is 2.35. The molecule has 0 fully saturated rings. The molecule has 9 aromatic rings. The van der Waals surface area contributed by atoms with Gasteiger partial charge in [0.15, 0.2) is 17.5 Å². The molecule has 0 spiro atoms. The van der Waals surface area contributed by atoms with Crippen LogP contribution in [0.2, 0.25) is 0 Å². The molecule has 4 heterocycles. The van der Waals surface area contributed by atoms with Crippen molar-refractivity contribution in [3.05, 3.63) is 140 Å². The second-order valence-electron chi connectivity index (χ2n) is 10.8. The molecule has 0 aliphatic rings. The average molecular weight is 582 g/mol.